The maximum absolute atomic E-state index is 2.65. The van der Waals surface area contributed by atoms with Gasteiger partial charge in [-0.25, -0.2) is 0 Å². The predicted octanol–water partition coefficient (Wildman–Crippen LogP) is 14.0. The highest BCUT2D eigenvalue weighted by Crippen LogP contribution is 2.23. The zero-order valence-corrected chi connectivity index (χ0v) is 30.6. The fourth-order valence-electron chi connectivity index (χ4n) is 7.22. The number of benzene rings is 1. The van der Waals surface area contributed by atoms with Crippen molar-refractivity contribution >= 4 is 0 Å². The highest BCUT2D eigenvalue weighted by Gasteiger charge is 2.25. The molecule has 0 radical (unpaired) electrons. The molecule has 1 aromatic rings. The second-order valence-corrected chi connectivity index (χ2v) is 14.5. The van der Waals surface area contributed by atoms with Gasteiger partial charge in [0.25, 0.3) is 0 Å². The molecule has 2 rings (SSSR count). The molecule has 1 aromatic carbocycles. The summed E-state index contributed by atoms with van der Waals surface area (Å²) in [5.74, 6) is 0. The molecule has 260 valence electrons. The largest absolute Gasteiger partial charge is 0.356 e. The average molecular weight is 623 g/mol. The SMILES string of the molecule is CCCCCCCCCCCCCCCCCCCN1C=CN(CCCCCCCCCCCCCC)C1Cc1ccccc1. The monoisotopic (exact) mass is 623 g/mol. The highest BCUT2D eigenvalue weighted by molar-refractivity contribution is 5.17. The Bertz CT molecular complexity index is 758. The summed E-state index contributed by atoms with van der Waals surface area (Å²) in [7, 11) is 0. The normalized spacial score (nSPS) is 14.7. The molecular weight excluding hydrogens is 544 g/mol. The van der Waals surface area contributed by atoms with Crippen LogP contribution < -0.4 is 0 Å². The first-order valence-electron chi connectivity index (χ1n) is 20.6. The Labute approximate surface area is 283 Å². The summed E-state index contributed by atoms with van der Waals surface area (Å²) in [4.78, 5) is 5.30. The van der Waals surface area contributed by atoms with Gasteiger partial charge in [0.05, 0.1) is 0 Å². The van der Waals surface area contributed by atoms with Crippen LogP contribution in [0.4, 0.5) is 0 Å². The first-order chi connectivity index (χ1) is 22.3. The van der Waals surface area contributed by atoms with Crippen molar-refractivity contribution in [1.29, 1.82) is 0 Å². The van der Waals surface area contributed by atoms with Crippen LogP contribution in [0.25, 0.3) is 0 Å². The summed E-state index contributed by atoms with van der Waals surface area (Å²) in [5, 5.41) is 0. The van der Waals surface area contributed by atoms with E-state index in [1.165, 1.54) is 205 Å². The van der Waals surface area contributed by atoms with Crippen molar-refractivity contribution in [2.75, 3.05) is 13.1 Å². The van der Waals surface area contributed by atoms with Gasteiger partial charge >= 0.3 is 0 Å². The van der Waals surface area contributed by atoms with E-state index in [2.05, 4.69) is 66.4 Å². The molecule has 0 saturated carbocycles. The zero-order valence-electron chi connectivity index (χ0n) is 30.6. The van der Waals surface area contributed by atoms with Gasteiger partial charge in [0.15, 0.2) is 0 Å². The lowest BCUT2D eigenvalue weighted by atomic mass is 10.0. The summed E-state index contributed by atoms with van der Waals surface area (Å²) in [6, 6.07) is 11.2. The van der Waals surface area contributed by atoms with Gasteiger partial charge in [0, 0.05) is 31.9 Å². The topological polar surface area (TPSA) is 6.48 Å². The van der Waals surface area contributed by atoms with Crippen LogP contribution in [0.3, 0.4) is 0 Å². The maximum Gasteiger partial charge on any atom is 0.105 e. The molecule has 0 N–H and O–H groups in total. The maximum atomic E-state index is 2.65. The van der Waals surface area contributed by atoms with Crippen LogP contribution in [-0.4, -0.2) is 29.1 Å². The molecule has 0 amide bonds. The van der Waals surface area contributed by atoms with E-state index in [9.17, 15) is 0 Å². The minimum absolute atomic E-state index is 0.501. The predicted molar refractivity (Wildman–Crippen MR) is 202 cm³/mol. The van der Waals surface area contributed by atoms with Crippen LogP contribution >= 0.6 is 0 Å². The average Bonchev–Trinajstić information content (AvgIpc) is 3.44. The van der Waals surface area contributed by atoms with Gasteiger partial charge in [-0.05, 0) is 18.4 Å². The lowest BCUT2D eigenvalue weighted by Gasteiger charge is -2.33. The van der Waals surface area contributed by atoms with Crippen LogP contribution in [0.1, 0.15) is 206 Å². The van der Waals surface area contributed by atoms with E-state index in [0.29, 0.717) is 6.17 Å². The minimum Gasteiger partial charge on any atom is -0.356 e. The molecule has 0 fully saturated rings. The van der Waals surface area contributed by atoms with Crippen LogP contribution in [-0.2, 0) is 6.42 Å². The van der Waals surface area contributed by atoms with Crippen LogP contribution in [0.15, 0.2) is 42.7 Å². The van der Waals surface area contributed by atoms with Crippen molar-refractivity contribution in [2.24, 2.45) is 0 Å². The standard InChI is InChI=1S/C43H78N2/c1-3-5-7-9-11-13-15-17-18-19-20-21-23-25-27-29-34-38-45-40-39-44(43(45)41-42-35-31-30-32-36-42)37-33-28-26-24-22-16-14-12-10-8-6-4-2/h30-32,35-36,39-40,43H,3-29,33-34,37-38,41H2,1-2H3. The van der Waals surface area contributed by atoms with Crippen molar-refractivity contribution in [3.63, 3.8) is 0 Å². The lowest BCUT2D eigenvalue weighted by Crippen LogP contribution is -2.41. The first-order valence-corrected chi connectivity index (χ1v) is 20.6. The molecule has 1 unspecified atom stereocenters. The van der Waals surface area contributed by atoms with E-state index in [1.807, 2.05) is 0 Å². The second-order valence-electron chi connectivity index (χ2n) is 14.5. The Morgan fingerprint density at radius 1 is 0.378 bits per heavy atom. The Morgan fingerprint density at radius 2 is 0.667 bits per heavy atom. The number of hydrogen-bond donors (Lipinski definition) is 0. The van der Waals surface area contributed by atoms with E-state index < -0.39 is 0 Å². The molecule has 0 spiro atoms. The van der Waals surface area contributed by atoms with Crippen LogP contribution in [0.5, 0.6) is 0 Å². The van der Waals surface area contributed by atoms with Gasteiger partial charge in [-0.2, -0.15) is 0 Å². The van der Waals surface area contributed by atoms with Gasteiger partial charge < -0.3 is 9.80 Å². The minimum atomic E-state index is 0.501. The molecule has 1 aliphatic heterocycles. The fourth-order valence-corrected chi connectivity index (χ4v) is 7.22. The second kappa shape index (κ2) is 29.9. The summed E-state index contributed by atoms with van der Waals surface area (Å²) < 4.78 is 0. The molecule has 1 heterocycles. The fraction of sp³-hybridized carbons (Fsp3) is 0.814. The highest BCUT2D eigenvalue weighted by atomic mass is 15.4. The molecule has 2 heteroatoms. The molecule has 0 aliphatic carbocycles. The number of nitrogens with zero attached hydrogens (tertiary/aromatic N) is 2. The third kappa shape index (κ3) is 21.9. The first kappa shape index (κ1) is 39.7. The quantitative estimate of drug-likeness (QED) is 0.0720. The molecule has 1 aliphatic rings. The number of unbranched alkanes of at least 4 members (excludes halogenated alkanes) is 27. The smallest absolute Gasteiger partial charge is 0.105 e. The van der Waals surface area contributed by atoms with Crippen molar-refractivity contribution in [1.82, 2.24) is 9.80 Å². The van der Waals surface area contributed by atoms with Crippen molar-refractivity contribution in [2.45, 2.75) is 213 Å². The van der Waals surface area contributed by atoms with E-state index >= 15 is 0 Å². The molecule has 1 atom stereocenters. The van der Waals surface area contributed by atoms with E-state index in [0.717, 1.165) is 6.42 Å². The van der Waals surface area contributed by atoms with Crippen molar-refractivity contribution in [3.8, 4) is 0 Å². The third-order valence-electron chi connectivity index (χ3n) is 10.3. The Balaban J connectivity index is 1.49. The summed E-state index contributed by atoms with van der Waals surface area (Å²) >= 11 is 0. The van der Waals surface area contributed by atoms with E-state index in [4.69, 9.17) is 0 Å². The zero-order chi connectivity index (χ0) is 31.9. The molecular formula is C43H78N2. The lowest BCUT2D eigenvalue weighted by molar-refractivity contribution is 0.148. The van der Waals surface area contributed by atoms with Crippen molar-refractivity contribution in [3.05, 3.63) is 48.3 Å². The summed E-state index contributed by atoms with van der Waals surface area (Å²) in [5.41, 5.74) is 1.47. The van der Waals surface area contributed by atoms with Gasteiger partial charge in [-0.15, -0.1) is 0 Å². The van der Waals surface area contributed by atoms with Gasteiger partial charge in [0.1, 0.15) is 6.17 Å². The number of hydrogen-bond acceptors (Lipinski definition) is 2. The Morgan fingerprint density at radius 3 is 0.978 bits per heavy atom. The van der Waals surface area contributed by atoms with Gasteiger partial charge in [-0.3, -0.25) is 0 Å². The molecule has 2 nitrogen and oxygen atoms in total. The van der Waals surface area contributed by atoms with Crippen LogP contribution in [0.2, 0.25) is 0 Å². The van der Waals surface area contributed by atoms with E-state index in [1.54, 1.807) is 0 Å². The Kier molecular flexibility index (Phi) is 26.4. The molecule has 0 bridgehead atoms. The molecule has 45 heavy (non-hydrogen) atoms. The molecule has 0 saturated heterocycles. The van der Waals surface area contributed by atoms with Gasteiger partial charge in [-0.1, -0.05) is 218 Å². The van der Waals surface area contributed by atoms with Gasteiger partial charge in [0.2, 0.25) is 0 Å². The van der Waals surface area contributed by atoms with Crippen molar-refractivity contribution < 1.29 is 0 Å². The van der Waals surface area contributed by atoms with Crippen LogP contribution in [0, 0.1) is 0 Å². The third-order valence-corrected chi connectivity index (χ3v) is 10.3. The number of rotatable bonds is 33. The van der Waals surface area contributed by atoms with E-state index in [-0.39, 0.29) is 0 Å². The summed E-state index contributed by atoms with van der Waals surface area (Å²) in [6.45, 7) is 7.04. The summed E-state index contributed by atoms with van der Waals surface area (Å²) in [6.07, 6.45) is 48.0. The molecule has 0 aromatic heterocycles. The Hall–Kier alpha value is -1.44.